The highest BCUT2D eigenvalue weighted by Crippen LogP contribution is 2.59. The number of hydrogen-bond acceptors (Lipinski definition) is 5. The Bertz CT molecular complexity index is 1330. The number of nitrogens with zero attached hydrogens (tertiary/aromatic N) is 1. The monoisotopic (exact) mass is 535 g/mol. The lowest BCUT2D eigenvalue weighted by Crippen LogP contribution is -2.54. The Hall–Kier alpha value is -2.77. The minimum absolute atomic E-state index is 0.0684. The predicted octanol–water partition coefficient (Wildman–Crippen LogP) is 6.84. The molecule has 37 heavy (non-hydrogen) atoms. The molecular formula is C30H33NO4S2. The van der Waals surface area contributed by atoms with E-state index in [2.05, 4.69) is 20.8 Å². The number of likely N-dealkylation sites (tertiary alicyclic amines) is 1. The Balaban J connectivity index is 1.77. The molecule has 3 aromatic rings. The lowest BCUT2D eigenvalue weighted by atomic mass is 9.72. The van der Waals surface area contributed by atoms with E-state index in [0.29, 0.717) is 4.88 Å². The lowest BCUT2D eigenvalue weighted by Gasteiger charge is -2.38. The van der Waals surface area contributed by atoms with E-state index in [1.165, 1.54) is 22.7 Å². The number of carbonyl (C=O) groups is 3. The summed E-state index contributed by atoms with van der Waals surface area (Å²) in [5, 5.41) is 14.6. The van der Waals surface area contributed by atoms with Gasteiger partial charge in [0, 0.05) is 16.7 Å². The Labute approximate surface area is 226 Å². The summed E-state index contributed by atoms with van der Waals surface area (Å²) in [5.74, 6) is -2.94. The van der Waals surface area contributed by atoms with Crippen molar-refractivity contribution >= 4 is 40.3 Å². The summed E-state index contributed by atoms with van der Waals surface area (Å²) in [6, 6.07) is 13.0. The molecule has 2 aromatic heterocycles. The quantitative estimate of drug-likeness (QED) is 0.351. The van der Waals surface area contributed by atoms with Crippen LogP contribution in [0.5, 0.6) is 0 Å². The first-order valence-corrected chi connectivity index (χ1v) is 14.5. The summed E-state index contributed by atoms with van der Waals surface area (Å²) in [7, 11) is 0. The van der Waals surface area contributed by atoms with Gasteiger partial charge in [-0.15, -0.1) is 22.7 Å². The third-order valence-corrected chi connectivity index (χ3v) is 10.0. The van der Waals surface area contributed by atoms with Gasteiger partial charge in [-0.2, -0.15) is 0 Å². The minimum Gasteiger partial charge on any atom is -0.479 e. The fraction of sp³-hybridized carbons (Fsp3) is 0.433. The number of carbonyl (C=O) groups excluding carboxylic acids is 2. The molecule has 1 aliphatic heterocycles. The van der Waals surface area contributed by atoms with Crippen molar-refractivity contribution in [2.75, 3.05) is 0 Å². The van der Waals surface area contributed by atoms with Crippen LogP contribution in [0, 0.1) is 18.8 Å². The van der Waals surface area contributed by atoms with Crippen LogP contribution in [0.4, 0.5) is 0 Å². The molecule has 5 rings (SSSR count). The molecule has 0 radical (unpaired) electrons. The standard InChI is InChI=1S/C30H33NO4S2/c1-17-14-16-37-26(17)24-22(25(32)21-7-6-15-36-21)23(18-10-12-20(13-11-18)29(2,3)4)30(5,28(34)35)31(24)27(33)19-8-9-19/h6-7,10-16,19,22-24H,8-9H2,1-5H3,(H,34,35). The number of thiophene rings is 2. The van der Waals surface area contributed by atoms with Gasteiger partial charge in [0.15, 0.2) is 5.78 Å². The van der Waals surface area contributed by atoms with Crippen molar-refractivity contribution in [2.45, 2.75) is 70.4 Å². The van der Waals surface area contributed by atoms with Gasteiger partial charge in [0.05, 0.1) is 16.8 Å². The molecule has 1 saturated carbocycles. The van der Waals surface area contributed by atoms with E-state index in [9.17, 15) is 19.5 Å². The molecule has 3 heterocycles. The first-order chi connectivity index (χ1) is 17.5. The Morgan fingerprint density at radius 1 is 1.00 bits per heavy atom. The van der Waals surface area contributed by atoms with Crippen molar-refractivity contribution in [3.05, 3.63) is 79.7 Å². The summed E-state index contributed by atoms with van der Waals surface area (Å²) in [6.45, 7) is 10.0. The van der Waals surface area contributed by atoms with Crippen LogP contribution >= 0.6 is 22.7 Å². The largest absolute Gasteiger partial charge is 0.479 e. The predicted molar refractivity (Wildman–Crippen MR) is 147 cm³/mol. The van der Waals surface area contributed by atoms with Gasteiger partial charge in [0.2, 0.25) is 5.91 Å². The third kappa shape index (κ3) is 4.26. The third-order valence-electron chi connectivity index (χ3n) is 8.05. The molecule has 1 aliphatic carbocycles. The van der Waals surface area contributed by atoms with Gasteiger partial charge in [0.1, 0.15) is 5.54 Å². The first kappa shape index (κ1) is 25.9. The zero-order chi connectivity index (χ0) is 26.7. The number of ketones is 1. The molecule has 1 amide bonds. The second-order valence-electron chi connectivity index (χ2n) is 11.6. The first-order valence-electron chi connectivity index (χ1n) is 12.7. The summed E-state index contributed by atoms with van der Waals surface area (Å²) in [5.41, 5.74) is 1.23. The highest BCUT2D eigenvalue weighted by Gasteiger charge is 2.66. The number of aryl methyl sites for hydroxylation is 1. The summed E-state index contributed by atoms with van der Waals surface area (Å²) in [6.07, 6.45) is 1.52. The van der Waals surface area contributed by atoms with Crippen LogP contribution in [-0.4, -0.2) is 33.2 Å². The number of amides is 1. The second kappa shape index (κ2) is 9.21. The van der Waals surface area contributed by atoms with Gasteiger partial charge in [-0.05, 0) is 71.7 Å². The van der Waals surface area contributed by atoms with Gasteiger partial charge < -0.3 is 10.0 Å². The highest BCUT2D eigenvalue weighted by molar-refractivity contribution is 7.12. The smallest absolute Gasteiger partial charge is 0.330 e. The van der Waals surface area contributed by atoms with Crippen molar-refractivity contribution in [2.24, 2.45) is 11.8 Å². The van der Waals surface area contributed by atoms with E-state index in [4.69, 9.17) is 0 Å². The van der Waals surface area contributed by atoms with E-state index >= 15 is 0 Å². The fourth-order valence-electron chi connectivity index (χ4n) is 5.83. The van der Waals surface area contributed by atoms with Crippen molar-refractivity contribution in [3.8, 4) is 0 Å². The van der Waals surface area contributed by atoms with Crippen LogP contribution in [0.15, 0.2) is 53.2 Å². The summed E-state index contributed by atoms with van der Waals surface area (Å²) < 4.78 is 0. The molecule has 2 fully saturated rings. The van der Waals surface area contributed by atoms with Gasteiger partial charge >= 0.3 is 5.97 Å². The number of benzene rings is 1. The minimum atomic E-state index is -1.58. The number of carboxylic acids is 1. The SMILES string of the molecule is Cc1ccsc1C1C(C(=O)c2cccs2)C(c2ccc(C(C)(C)C)cc2)C(C)(C(=O)O)N1C(=O)C1CC1. The fourth-order valence-corrected chi connectivity index (χ4v) is 7.61. The van der Waals surface area contributed by atoms with Crippen molar-refractivity contribution < 1.29 is 19.5 Å². The molecule has 0 bridgehead atoms. The molecule has 5 nitrogen and oxygen atoms in total. The highest BCUT2D eigenvalue weighted by atomic mass is 32.1. The van der Waals surface area contributed by atoms with E-state index in [1.54, 1.807) is 17.9 Å². The van der Waals surface area contributed by atoms with Crippen molar-refractivity contribution in [3.63, 3.8) is 0 Å². The normalized spacial score (nSPS) is 25.9. The van der Waals surface area contributed by atoms with Gasteiger partial charge in [-0.25, -0.2) is 4.79 Å². The van der Waals surface area contributed by atoms with Gasteiger partial charge in [-0.1, -0.05) is 51.1 Å². The molecule has 1 aromatic carbocycles. The van der Waals surface area contributed by atoms with Crippen LogP contribution in [-0.2, 0) is 15.0 Å². The number of carboxylic acid groups (broad SMARTS) is 1. The molecule has 1 N–H and O–H groups in total. The van der Waals surface area contributed by atoms with Crippen LogP contribution in [0.1, 0.15) is 83.7 Å². The number of aliphatic carboxylic acids is 1. The van der Waals surface area contributed by atoms with Crippen LogP contribution in [0.25, 0.3) is 0 Å². The molecule has 4 atom stereocenters. The maximum absolute atomic E-state index is 14.3. The van der Waals surface area contributed by atoms with Gasteiger partial charge in [-0.3, -0.25) is 9.59 Å². The number of rotatable bonds is 6. The van der Waals surface area contributed by atoms with Crippen LogP contribution in [0.3, 0.4) is 0 Å². The maximum Gasteiger partial charge on any atom is 0.330 e. The molecule has 2 aliphatic rings. The molecule has 194 valence electrons. The molecule has 1 saturated heterocycles. The molecule has 4 unspecified atom stereocenters. The Kier molecular flexibility index (Phi) is 6.44. The number of hydrogen-bond donors (Lipinski definition) is 1. The van der Waals surface area contributed by atoms with Crippen LogP contribution < -0.4 is 0 Å². The summed E-state index contributed by atoms with van der Waals surface area (Å²) >= 11 is 2.86. The van der Waals surface area contributed by atoms with Crippen LogP contribution in [0.2, 0.25) is 0 Å². The Morgan fingerprint density at radius 2 is 1.68 bits per heavy atom. The average Bonchev–Trinajstić information content (AvgIpc) is 3.26. The van der Waals surface area contributed by atoms with Crippen molar-refractivity contribution in [1.82, 2.24) is 4.90 Å². The average molecular weight is 536 g/mol. The van der Waals surface area contributed by atoms with Gasteiger partial charge in [0.25, 0.3) is 0 Å². The van der Waals surface area contributed by atoms with E-state index in [0.717, 1.165) is 34.4 Å². The molecule has 7 heteroatoms. The topological polar surface area (TPSA) is 74.7 Å². The maximum atomic E-state index is 14.3. The number of Topliss-reactive ketones (excluding diaryl/α,β-unsaturated/α-hetero) is 1. The summed E-state index contributed by atoms with van der Waals surface area (Å²) in [4.78, 5) is 44.5. The van der Waals surface area contributed by atoms with E-state index < -0.39 is 29.4 Å². The zero-order valence-corrected chi connectivity index (χ0v) is 23.5. The van der Waals surface area contributed by atoms with Crippen molar-refractivity contribution in [1.29, 1.82) is 0 Å². The molecule has 0 spiro atoms. The zero-order valence-electron chi connectivity index (χ0n) is 21.9. The molecular weight excluding hydrogens is 502 g/mol. The second-order valence-corrected chi connectivity index (χ2v) is 13.5. The van der Waals surface area contributed by atoms with E-state index in [1.807, 2.05) is 54.1 Å². The lowest BCUT2D eigenvalue weighted by molar-refractivity contribution is -0.158. The Morgan fingerprint density at radius 3 is 2.16 bits per heavy atom. The van der Waals surface area contributed by atoms with E-state index in [-0.39, 0.29) is 23.0 Å².